The summed E-state index contributed by atoms with van der Waals surface area (Å²) in [6.45, 7) is 0.847. The van der Waals surface area contributed by atoms with Crippen molar-refractivity contribution in [3.63, 3.8) is 0 Å². The first kappa shape index (κ1) is 17.5. The fourth-order valence-electron chi connectivity index (χ4n) is 3.97. The minimum atomic E-state index is -4.52. The van der Waals surface area contributed by atoms with Crippen molar-refractivity contribution in [1.82, 2.24) is 4.90 Å². The molecule has 1 N–H and O–H groups in total. The first-order chi connectivity index (χ1) is 11.2. The number of likely N-dealkylation sites (tertiary alicyclic amines) is 1. The summed E-state index contributed by atoms with van der Waals surface area (Å²) in [4.78, 5) is 14.3. The third kappa shape index (κ3) is 3.14. The maximum Gasteiger partial charge on any atom is 0.416 e. The number of alkyl halides is 3. The summed E-state index contributed by atoms with van der Waals surface area (Å²) in [6.07, 6.45) is -0.934. The number of hydrogen-bond acceptors (Lipinski definition) is 2. The molecule has 1 aromatic carbocycles. The zero-order valence-corrected chi connectivity index (χ0v) is 13.8. The molecule has 1 saturated carbocycles. The van der Waals surface area contributed by atoms with Crippen LogP contribution in [-0.4, -0.2) is 35.1 Å². The third-order valence-corrected chi connectivity index (χ3v) is 5.61. The van der Waals surface area contributed by atoms with Gasteiger partial charge in [-0.05, 0) is 43.9 Å². The van der Waals surface area contributed by atoms with Crippen LogP contribution in [0.3, 0.4) is 0 Å². The number of carbonyl (C=O) groups is 1. The third-order valence-electron chi connectivity index (χ3n) is 5.28. The Bertz CT molecular complexity index is 649. The average molecular weight is 362 g/mol. The lowest BCUT2D eigenvalue weighted by molar-refractivity contribution is -0.137. The van der Waals surface area contributed by atoms with Crippen molar-refractivity contribution in [2.45, 2.75) is 44.4 Å². The molecule has 1 heterocycles. The van der Waals surface area contributed by atoms with Crippen LogP contribution in [0, 0.1) is 5.41 Å². The van der Waals surface area contributed by atoms with Crippen LogP contribution in [-0.2, 0) is 6.18 Å². The molecule has 0 aromatic heterocycles. The molecule has 2 fully saturated rings. The smallest absolute Gasteiger partial charge is 0.392 e. The van der Waals surface area contributed by atoms with Gasteiger partial charge in [-0.3, -0.25) is 4.79 Å². The second-order valence-electron chi connectivity index (χ2n) is 6.79. The van der Waals surface area contributed by atoms with E-state index in [1.54, 1.807) is 4.90 Å². The minimum Gasteiger partial charge on any atom is -0.392 e. The lowest BCUT2D eigenvalue weighted by Gasteiger charge is -2.42. The zero-order chi connectivity index (χ0) is 17.5. The standard InChI is InChI=1S/C17H19ClF3NO2/c18-13-5-4-11(17(19,20)21)9-12(13)15(24)22-8-2-7-16(10-22)6-1-3-14(16)23/h4-5,9,14,23H,1-3,6-8,10H2/t14-,16-/m1/s1. The Morgan fingerprint density at radius 2 is 2.00 bits per heavy atom. The van der Waals surface area contributed by atoms with E-state index >= 15 is 0 Å². The van der Waals surface area contributed by atoms with Gasteiger partial charge in [0.2, 0.25) is 0 Å². The number of benzene rings is 1. The summed E-state index contributed by atoms with van der Waals surface area (Å²) in [6, 6.07) is 2.80. The molecule has 1 aromatic rings. The molecule has 132 valence electrons. The van der Waals surface area contributed by atoms with Crippen LogP contribution in [0.25, 0.3) is 0 Å². The van der Waals surface area contributed by atoms with Gasteiger partial charge in [-0.15, -0.1) is 0 Å². The molecule has 0 unspecified atom stereocenters. The molecule has 0 bridgehead atoms. The minimum absolute atomic E-state index is 0.0135. The number of nitrogens with zero attached hydrogens (tertiary/aromatic N) is 1. The predicted molar refractivity (Wildman–Crippen MR) is 83.9 cm³/mol. The summed E-state index contributed by atoms with van der Waals surface area (Å²) in [5.74, 6) is -0.496. The molecule has 1 aliphatic carbocycles. The monoisotopic (exact) mass is 361 g/mol. The van der Waals surface area contributed by atoms with Crippen molar-refractivity contribution in [3.05, 3.63) is 34.3 Å². The van der Waals surface area contributed by atoms with Gasteiger partial charge in [-0.25, -0.2) is 0 Å². The molecule has 1 spiro atoms. The van der Waals surface area contributed by atoms with Crippen LogP contribution < -0.4 is 0 Å². The van der Waals surface area contributed by atoms with Crippen LogP contribution >= 0.6 is 11.6 Å². The van der Waals surface area contributed by atoms with Gasteiger partial charge in [0.1, 0.15) is 0 Å². The lowest BCUT2D eigenvalue weighted by Crippen LogP contribution is -2.49. The first-order valence-electron chi connectivity index (χ1n) is 8.07. The Balaban J connectivity index is 1.86. The van der Waals surface area contributed by atoms with E-state index in [9.17, 15) is 23.1 Å². The molecule has 3 nitrogen and oxygen atoms in total. The quantitative estimate of drug-likeness (QED) is 0.817. The van der Waals surface area contributed by atoms with E-state index in [1.165, 1.54) is 0 Å². The van der Waals surface area contributed by atoms with E-state index in [4.69, 9.17) is 11.6 Å². The van der Waals surface area contributed by atoms with E-state index in [1.807, 2.05) is 0 Å². The number of aliphatic hydroxyl groups excluding tert-OH is 1. The van der Waals surface area contributed by atoms with Gasteiger partial charge in [-0.2, -0.15) is 13.2 Å². The van der Waals surface area contributed by atoms with Crippen LogP contribution in [0.1, 0.15) is 48.0 Å². The number of carbonyl (C=O) groups excluding carboxylic acids is 1. The van der Waals surface area contributed by atoms with Gasteiger partial charge in [0, 0.05) is 18.5 Å². The highest BCUT2D eigenvalue weighted by Crippen LogP contribution is 2.45. The van der Waals surface area contributed by atoms with Gasteiger partial charge < -0.3 is 10.0 Å². The van der Waals surface area contributed by atoms with Gasteiger partial charge in [0.25, 0.3) is 5.91 Å². The molecule has 1 aliphatic heterocycles. The summed E-state index contributed by atoms with van der Waals surface area (Å²) in [5, 5.41) is 10.3. The SMILES string of the molecule is O=C(c1cc(C(F)(F)F)ccc1Cl)N1CCC[C@]2(CCC[C@H]2O)C1. The Morgan fingerprint density at radius 1 is 1.29 bits per heavy atom. The van der Waals surface area contributed by atoms with Crippen molar-refractivity contribution < 1.29 is 23.1 Å². The van der Waals surface area contributed by atoms with Crippen LogP contribution in [0.2, 0.25) is 5.02 Å². The number of aliphatic hydroxyl groups is 1. The zero-order valence-electron chi connectivity index (χ0n) is 13.1. The molecule has 3 rings (SSSR count). The topological polar surface area (TPSA) is 40.5 Å². The molecule has 7 heteroatoms. The Labute approximate surface area is 143 Å². The lowest BCUT2D eigenvalue weighted by atomic mass is 9.76. The fraction of sp³-hybridized carbons (Fsp3) is 0.588. The van der Waals surface area contributed by atoms with Crippen molar-refractivity contribution in [1.29, 1.82) is 0 Å². The number of piperidine rings is 1. The maximum atomic E-state index is 12.9. The van der Waals surface area contributed by atoms with Gasteiger partial charge in [0.05, 0.1) is 22.3 Å². The first-order valence-corrected chi connectivity index (χ1v) is 8.45. The Morgan fingerprint density at radius 3 is 2.62 bits per heavy atom. The molecular weight excluding hydrogens is 343 g/mol. The summed E-state index contributed by atoms with van der Waals surface area (Å²) in [5.41, 5.74) is -1.33. The van der Waals surface area contributed by atoms with Crippen LogP contribution in [0.15, 0.2) is 18.2 Å². The van der Waals surface area contributed by atoms with Gasteiger partial charge >= 0.3 is 6.18 Å². The molecule has 1 amide bonds. The van der Waals surface area contributed by atoms with Crippen molar-refractivity contribution in [3.8, 4) is 0 Å². The normalized spacial score (nSPS) is 27.7. The summed E-state index contributed by atoms with van der Waals surface area (Å²) >= 11 is 5.98. The van der Waals surface area contributed by atoms with E-state index in [0.717, 1.165) is 43.9 Å². The van der Waals surface area contributed by atoms with Gasteiger partial charge in [-0.1, -0.05) is 18.0 Å². The molecule has 2 aliphatic rings. The Kier molecular flexibility index (Phi) is 4.55. The summed E-state index contributed by atoms with van der Waals surface area (Å²) in [7, 11) is 0. The van der Waals surface area contributed by atoms with Crippen LogP contribution in [0.4, 0.5) is 13.2 Å². The maximum absolute atomic E-state index is 12.9. The average Bonchev–Trinajstić information content (AvgIpc) is 2.86. The van der Waals surface area contributed by atoms with Crippen LogP contribution in [0.5, 0.6) is 0 Å². The number of hydrogen-bond donors (Lipinski definition) is 1. The number of rotatable bonds is 1. The van der Waals surface area contributed by atoms with Crippen molar-refractivity contribution in [2.75, 3.05) is 13.1 Å². The van der Waals surface area contributed by atoms with E-state index in [2.05, 4.69) is 0 Å². The number of amides is 1. The predicted octanol–water partition coefficient (Wildman–Crippen LogP) is 4.13. The fourth-order valence-corrected chi connectivity index (χ4v) is 4.16. The van der Waals surface area contributed by atoms with E-state index in [0.29, 0.717) is 19.5 Å². The second-order valence-corrected chi connectivity index (χ2v) is 7.20. The molecule has 2 atom stereocenters. The van der Waals surface area contributed by atoms with Gasteiger partial charge in [0.15, 0.2) is 0 Å². The molecule has 24 heavy (non-hydrogen) atoms. The second kappa shape index (κ2) is 6.23. The highest BCUT2D eigenvalue weighted by atomic mass is 35.5. The largest absolute Gasteiger partial charge is 0.416 e. The molecular formula is C17H19ClF3NO2. The molecule has 1 saturated heterocycles. The highest BCUT2D eigenvalue weighted by molar-refractivity contribution is 6.33. The van der Waals surface area contributed by atoms with E-state index in [-0.39, 0.29) is 16.0 Å². The summed E-state index contributed by atoms with van der Waals surface area (Å²) < 4.78 is 38.7. The molecule has 0 radical (unpaired) electrons. The van der Waals surface area contributed by atoms with Crippen molar-refractivity contribution in [2.24, 2.45) is 5.41 Å². The Hall–Kier alpha value is -1.27. The number of halogens is 4. The van der Waals surface area contributed by atoms with E-state index < -0.39 is 23.8 Å². The van der Waals surface area contributed by atoms with Crippen molar-refractivity contribution >= 4 is 17.5 Å². The highest BCUT2D eigenvalue weighted by Gasteiger charge is 2.46.